The number of ether oxygens (including phenoxy) is 2. The third-order valence-corrected chi connectivity index (χ3v) is 6.59. The number of carbonyl (C=O) groups is 1. The maximum Gasteiger partial charge on any atom is 0.226 e. The Balaban J connectivity index is 1.54. The molecule has 2 aromatic heterocycles. The Kier molecular flexibility index (Phi) is 5.54. The molecule has 4 aromatic rings. The lowest BCUT2D eigenvalue weighted by Gasteiger charge is -2.24. The van der Waals surface area contributed by atoms with Crippen molar-refractivity contribution >= 4 is 33.3 Å². The fourth-order valence-electron chi connectivity index (χ4n) is 4.26. The molecular formula is C25H26N4O3S. The van der Waals surface area contributed by atoms with Crippen LogP contribution >= 0.6 is 11.3 Å². The van der Waals surface area contributed by atoms with Crippen LogP contribution in [0.5, 0.6) is 11.5 Å². The lowest BCUT2D eigenvalue weighted by atomic mass is 9.86. The van der Waals surface area contributed by atoms with Crippen molar-refractivity contribution < 1.29 is 14.3 Å². The highest BCUT2D eigenvalue weighted by atomic mass is 32.1. The fraction of sp³-hybridized carbons (Fsp3) is 0.320. The molecule has 0 spiro atoms. The maximum absolute atomic E-state index is 12.7. The highest BCUT2D eigenvalue weighted by Gasteiger charge is 2.33. The Bertz CT molecular complexity index is 1320. The Morgan fingerprint density at radius 1 is 1.18 bits per heavy atom. The highest BCUT2D eigenvalue weighted by molar-refractivity contribution is 7.20. The highest BCUT2D eigenvalue weighted by Crippen LogP contribution is 2.41. The fourth-order valence-corrected chi connectivity index (χ4v) is 5.21. The molecule has 0 saturated carbocycles. The number of amides is 1. The summed E-state index contributed by atoms with van der Waals surface area (Å²) < 4.78 is 14.2. The van der Waals surface area contributed by atoms with Gasteiger partial charge < -0.3 is 14.8 Å². The molecule has 33 heavy (non-hydrogen) atoms. The normalized spacial score (nSPS) is 15.5. The zero-order chi connectivity index (χ0) is 23.1. The molecule has 1 atom stereocenters. The molecule has 0 bridgehead atoms. The van der Waals surface area contributed by atoms with Gasteiger partial charge in [0.2, 0.25) is 11.0 Å². The number of anilines is 1. The van der Waals surface area contributed by atoms with Crippen molar-refractivity contribution in [1.82, 2.24) is 14.8 Å². The van der Waals surface area contributed by atoms with Gasteiger partial charge in [-0.1, -0.05) is 23.5 Å². The molecule has 1 aliphatic heterocycles. The van der Waals surface area contributed by atoms with Gasteiger partial charge in [0.1, 0.15) is 17.3 Å². The smallest absolute Gasteiger partial charge is 0.226 e. The van der Waals surface area contributed by atoms with Crippen LogP contribution in [-0.2, 0) is 4.79 Å². The van der Waals surface area contributed by atoms with E-state index in [0.717, 1.165) is 38.5 Å². The molecule has 1 amide bonds. The largest absolute Gasteiger partial charge is 0.494 e. The molecule has 0 unspecified atom stereocenters. The summed E-state index contributed by atoms with van der Waals surface area (Å²) in [6.45, 7) is 8.56. The molecule has 0 fully saturated rings. The minimum Gasteiger partial charge on any atom is -0.494 e. The van der Waals surface area contributed by atoms with E-state index in [1.807, 2.05) is 70.2 Å². The standard InChI is InChI=1S/C25H26N4O3S/c1-5-31-18-10-11-20-21(12-18)33-25(26-20)29-24-23(15(4)28-29)19(13-22(30)27-24)16-6-8-17(9-7-16)32-14(2)3/h6-12,14,19H,5,13H2,1-4H3,(H,27,30)/t19-/m1/s1. The van der Waals surface area contributed by atoms with Crippen LogP contribution in [0.4, 0.5) is 5.82 Å². The molecule has 2 aromatic carbocycles. The Labute approximate surface area is 196 Å². The van der Waals surface area contributed by atoms with E-state index < -0.39 is 0 Å². The average Bonchev–Trinajstić information content (AvgIpc) is 3.34. The lowest BCUT2D eigenvalue weighted by molar-refractivity contribution is -0.116. The summed E-state index contributed by atoms with van der Waals surface area (Å²) in [5, 5.41) is 8.53. The van der Waals surface area contributed by atoms with E-state index in [1.165, 1.54) is 11.3 Å². The third kappa shape index (κ3) is 4.06. The quantitative estimate of drug-likeness (QED) is 0.412. The molecule has 3 heterocycles. The minimum atomic E-state index is -0.0745. The molecule has 5 rings (SSSR count). The second-order valence-electron chi connectivity index (χ2n) is 8.36. The van der Waals surface area contributed by atoms with Crippen molar-refractivity contribution in [3.05, 3.63) is 59.3 Å². The van der Waals surface area contributed by atoms with Crippen molar-refractivity contribution in [2.45, 2.75) is 46.1 Å². The van der Waals surface area contributed by atoms with E-state index in [9.17, 15) is 4.79 Å². The number of hydrogen-bond acceptors (Lipinski definition) is 6. The molecule has 0 radical (unpaired) electrons. The summed E-state index contributed by atoms with van der Waals surface area (Å²) in [7, 11) is 0. The first-order chi connectivity index (χ1) is 15.9. The van der Waals surface area contributed by atoms with Crippen molar-refractivity contribution in [2.75, 3.05) is 11.9 Å². The SMILES string of the molecule is CCOc1ccc2nc(-n3nc(C)c4c3NC(=O)C[C@@H]4c3ccc(OC(C)C)cc3)sc2c1. The number of hydrogen-bond donors (Lipinski definition) is 1. The number of nitrogens with zero attached hydrogens (tertiary/aromatic N) is 3. The van der Waals surface area contributed by atoms with E-state index in [1.54, 1.807) is 4.68 Å². The summed E-state index contributed by atoms with van der Waals surface area (Å²) in [6, 6.07) is 13.9. The number of nitrogens with one attached hydrogen (secondary N) is 1. The third-order valence-electron chi connectivity index (χ3n) is 5.60. The Morgan fingerprint density at radius 2 is 1.94 bits per heavy atom. The molecular weight excluding hydrogens is 436 g/mol. The predicted octanol–water partition coefficient (Wildman–Crippen LogP) is 5.45. The topological polar surface area (TPSA) is 78.3 Å². The first kappa shape index (κ1) is 21.5. The van der Waals surface area contributed by atoms with Crippen LogP contribution in [-0.4, -0.2) is 33.4 Å². The van der Waals surface area contributed by atoms with Crippen LogP contribution < -0.4 is 14.8 Å². The number of aryl methyl sites for hydroxylation is 1. The predicted molar refractivity (Wildman–Crippen MR) is 130 cm³/mol. The summed E-state index contributed by atoms with van der Waals surface area (Å²) in [6.07, 6.45) is 0.489. The molecule has 170 valence electrons. The maximum atomic E-state index is 12.7. The second kappa shape index (κ2) is 8.51. The monoisotopic (exact) mass is 462 g/mol. The molecule has 0 aliphatic carbocycles. The van der Waals surface area contributed by atoms with Crippen molar-refractivity contribution in [2.24, 2.45) is 0 Å². The Morgan fingerprint density at radius 3 is 2.67 bits per heavy atom. The van der Waals surface area contributed by atoms with Gasteiger partial charge in [-0.2, -0.15) is 9.78 Å². The molecule has 1 aliphatic rings. The summed E-state index contributed by atoms with van der Waals surface area (Å²) in [5.74, 6) is 2.23. The Hall–Kier alpha value is -3.39. The van der Waals surface area contributed by atoms with Crippen molar-refractivity contribution in [3.8, 4) is 16.6 Å². The van der Waals surface area contributed by atoms with Crippen LogP contribution in [0.25, 0.3) is 15.3 Å². The zero-order valence-electron chi connectivity index (χ0n) is 19.1. The van der Waals surface area contributed by atoms with E-state index in [0.29, 0.717) is 24.0 Å². The van der Waals surface area contributed by atoms with Gasteiger partial charge in [-0.3, -0.25) is 4.79 Å². The van der Waals surface area contributed by atoms with Crippen LogP contribution in [0.15, 0.2) is 42.5 Å². The molecule has 7 nitrogen and oxygen atoms in total. The summed E-state index contributed by atoms with van der Waals surface area (Å²) in [4.78, 5) is 17.5. The first-order valence-electron chi connectivity index (χ1n) is 11.1. The van der Waals surface area contributed by atoms with E-state index in [2.05, 4.69) is 5.32 Å². The van der Waals surface area contributed by atoms with Crippen LogP contribution in [0.2, 0.25) is 0 Å². The van der Waals surface area contributed by atoms with Gasteiger partial charge >= 0.3 is 0 Å². The minimum absolute atomic E-state index is 0.0316. The van der Waals surface area contributed by atoms with E-state index >= 15 is 0 Å². The number of fused-ring (bicyclic) bond motifs is 2. The molecule has 0 saturated heterocycles. The molecule has 1 N–H and O–H groups in total. The van der Waals surface area contributed by atoms with Gasteiger partial charge in [0.15, 0.2) is 0 Å². The average molecular weight is 463 g/mol. The second-order valence-corrected chi connectivity index (χ2v) is 9.37. The van der Waals surface area contributed by atoms with Gasteiger partial charge in [-0.25, -0.2) is 4.98 Å². The van der Waals surface area contributed by atoms with Crippen LogP contribution in [0, 0.1) is 6.92 Å². The lowest BCUT2D eigenvalue weighted by Crippen LogP contribution is -2.24. The zero-order valence-corrected chi connectivity index (χ0v) is 19.9. The number of rotatable bonds is 6. The number of thiazole rings is 1. The van der Waals surface area contributed by atoms with E-state index in [-0.39, 0.29) is 17.9 Å². The van der Waals surface area contributed by atoms with Gasteiger partial charge in [-0.15, -0.1) is 0 Å². The number of benzene rings is 2. The van der Waals surface area contributed by atoms with Gasteiger partial charge in [0.05, 0.1) is 28.6 Å². The van der Waals surface area contributed by atoms with Gasteiger partial charge in [-0.05, 0) is 63.6 Å². The number of carbonyl (C=O) groups excluding carboxylic acids is 1. The summed E-state index contributed by atoms with van der Waals surface area (Å²) >= 11 is 1.52. The van der Waals surface area contributed by atoms with Crippen molar-refractivity contribution in [3.63, 3.8) is 0 Å². The number of aromatic nitrogens is 3. The van der Waals surface area contributed by atoms with E-state index in [4.69, 9.17) is 19.6 Å². The first-order valence-corrected chi connectivity index (χ1v) is 11.9. The van der Waals surface area contributed by atoms with Gasteiger partial charge in [0, 0.05) is 17.9 Å². The van der Waals surface area contributed by atoms with Crippen LogP contribution in [0.1, 0.15) is 49.9 Å². The summed E-state index contributed by atoms with van der Waals surface area (Å²) in [5.41, 5.74) is 3.85. The van der Waals surface area contributed by atoms with Gasteiger partial charge in [0.25, 0.3) is 0 Å². The molecule has 8 heteroatoms. The van der Waals surface area contributed by atoms with Crippen molar-refractivity contribution in [1.29, 1.82) is 0 Å². The van der Waals surface area contributed by atoms with Crippen LogP contribution in [0.3, 0.4) is 0 Å².